The number of carboxylic acids is 1. The van der Waals surface area contributed by atoms with E-state index in [1.165, 1.54) is 7.05 Å². The molecule has 152 valence electrons. The third-order valence-corrected chi connectivity index (χ3v) is 4.23. The van der Waals surface area contributed by atoms with Crippen molar-refractivity contribution in [1.29, 1.82) is 0 Å². The maximum atomic E-state index is 10.9. The highest BCUT2D eigenvalue weighted by Gasteiger charge is 2.35. The average molecular weight is 382 g/mol. The average Bonchev–Trinajstić information content (AvgIpc) is 3.04. The maximum absolute atomic E-state index is 10.9. The molecule has 27 heavy (non-hydrogen) atoms. The van der Waals surface area contributed by atoms with Crippen molar-refractivity contribution in [3.05, 3.63) is 29.8 Å². The van der Waals surface area contributed by atoms with Crippen LogP contribution in [0, 0.1) is 11.8 Å². The first-order valence-electron chi connectivity index (χ1n) is 8.81. The van der Waals surface area contributed by atoms with Crippen LogP contribution in [0.2, 0.25) is 6.32 Å². The number of aldehydes is 1. The summed E-state index contributed by atoms with van der Waals surface area (Å²) in [7, 11) is 3.74. The first kappa shape index (κ1) is 25.1. The fraction of sp³-hybridized carbons (Fsp3) is 0.556. The van der Waals surface area contributed by atoms with Crippen molar-refractivity contribution >= 4 is 19.4 Å². The maximum Gasteiger partial charge on any atom is 0.451 e. The Morgan fingerprint density at radius 2 is 1.89 bits per heavy atom. The Hall–Kier alpha value is -1.94. The second-order valence-electron chi connectivity index (χ2n) is 6.23. The van der Waals surface area contributed by atoms with Crippen LogP contribution >= 0.6 is 0 Å². The SMILES string of the molecule is CN.CN1CC(CCCB(O)O)C(C(=O)O)C1.COc1ccc(C=O)cc1. The molecular weight excluding hydrogens is 351 g/mol. The lowest BCUT2D eigenvalue weighted by Gasteiger charge is -2.13. The lowest BCUT2D eigenvalue weighted by molar-refractivity contribution is -0.142. The minimum absolute atomic E-state index is 0.145. The summed E-state index contributed by atoms with van der Waals surface area (Å²) in [6.45, 7) is 1.39. The second-order valence-corrected chi connectivity index (χ2v) is 6.23. The van der Waals surface area contributed by atoms with E-state index in [0.717, 1.165) is 25.0 Å². The summed E-state index contributed by atoms with van der Waals surface area (Å²) >= 11 is 0. The van der Waals surface area contributed by atoms with Crippen molar-refractivity contribution in [2.75, 3.05) is 34.3 Å². The number of hydrogen-bond acceptors (Lipinski definition) is 7. The van der Waals surface area contributed by atoms with Gasteiger partial charge in [0, 0.05) is 18.7 Å². The van der Waals surface area contributed by atoms with E-state index < -0.39 is 13.1 Å². The van der Waals surface area contributed by atoms with Gasteiger partial charge in [0.05, 0.1) is 13.0 Å². The van der Waals surface area contributed by atoms with E-state index in [2.05, 4.69) is 5.73 Å². The molecule has 2 atom stereocenters. The van der Waals surface area contributed by atoms with Crippen LogP contribution in [0.3, 0.4) is 0 Å². The van der Waals surface area contributed by atoms with E-state index in [9.17, 15) is 9.59 Å². The Morgan fingerprint density at radius 3 is 2.33 bits per heavy atom. The molecule has 0 saturated carbocycles. The number of nitrogens with zero attached hydrogens (tertiary/aromatic N) is 1. The number of aliphatic carboxylic acids is 1. The lowest BCUT2D eigenvalue weighted by atomic mass is 9.80. The molecule has 2 unspecified atom stereocenters. The van der Waals surface area contributed by atoms with Crippen LogP contribution < -0.4 is 10.5 Å². The van der Waals surface area contributed by atoms with Gasteiger partial charge in [-0.3, -0.25) is 9.59 Å². The van der Waals surface area contributed by atoms with Gasteiger partial charge in [0.15, 0.2) is 0 Å². The predicted molar refractivity (Wildman–Crippen MR) is 105 cm³/mol. The number of carboxylic acid groups (broad SMARTS) is 1. The Kier molecular flexibility index (Phi) is 13.1. The molecule has 1 aliphatic rings. The number of benzene rings is 1. The highest BCUT2D eigenvalue weighted by Crippen LogP contribution is 2.27. The fourth-order valence-electron chi connectivity index (χ4n) is 2.90. The highest BCUT2D eigenvalue weighted by molar-refractivity contribution is 6.40. The Morgan fingerprint density at radius 1 is 1.30 bits per heavy atom. The number of carbonyl (C=O) groups excluding carboxylic acids is 1. The zero-order valence-electron chi connectivity index (χ0n) is 16.2. The van der Waals surface area contributed by atoms with Crippen LogP contribution in [-0.4, -0.2) is 73.7 Å². The monoisotopic (exact) mass is 382 g/mol. The molecule has 0 aliphatic carbocycles. The lowest BCUT2D eigenvalue weighted by Crippen LogP contribution is -2.22. The quantitative estimate of drug-likeness (QED) is 0.398. The molecule has 0 bridgehead atoms. The normalized spacial score (nSPS) is 18.4. The molecule has 0 amide bonds. The van der Waals surface area contributed by atoms with Gasteiger partial charge in [0.1, 0.15) is 12.0 Å². The zero-order valence-corrected chi connectivity index (χ0v) is 16.2. The van der Waals surface area contributed by atoms with E-state index in [0.29, 0.717) is 24.8 Å². The van der Waals surface area contributed by atoms with Gasteiger partial charge in [-0.25, -0.2) is 0 Å². The predicted octanol–water partition coefficient (Wildman–Crippen LogP) is 0.584. The van der Waals surface area contributed by atoms with Gasteiger partial charge in [-0.2, -0.15) is 0 Å². The molecule has 1 saturated heterocycles. The summed E-state index contributed by atoms with van der Waals surface area (Å²) in [5.74, 6) is -0.128. The summed E-state index contributed by atoms with van der Waals surface area (Å²) in [4.78, 5) is 23.1. The molecule has 1 aliphatic heterocycles. The van der Waals surface area contributed by atoms with Crippen LogP contribution in [0.4, 0.5) is 0 Å². The van der Waals surface area contributed by atoms with Crippen molar-refractivity contribution in [2.24, 2.45) is 17.6 Å². The van der Waals surface area contributed by atoms with Gasteiger partial charge in [-0.05, 0) is 57.0 Å². The number of methoxy groups -OCH3 is 1. The highest BCUT2D eigenvalue weighted by atomic mass is 16.5. The van der Waals surface area contributed by atoms with E-state index in [1.54, 1.807) is 31.4 Å². The summed E-state index contributed by atoms with van der Waals surface area (Å²) in [5, 5.41) is 26.3. The van der Waals surface area contributed by atoms with Crippen molar-refractivity contribution in [3.8, 4) is 5.75 Å². The van der Waals surface area contributed by atoms with Crippen LogP contribution in [0.1, 0.15) is 23.2 Å². The van der Waals surface area contributed by atoms with Crippen LogP contribution in [0.25, 0.3) is 0 Å². The number of ether oxygens (including phenoxy) is 1. The topological polar surface area (TPSA) is 133 Å². The van der Waals surface area contributed by atoms with Crippen molar-refractivity contribution in [3.63, 3.8) is 0 Å². The number of hydrogen-bond donors (Lipinski definition) is 4. The minimum Gasteiger partial charge on any atom is -0.497 e. The van der Waals surface area contributed by atoms with Gasteiger partial charge >= 0.3 is 13.1 Å². The molecule has 1 aromatic carbocycles. The van der Waals surface area contributed by atoms with Crippen LogP contribution in [0.15, 0.2) is 24.3 Å². The zero-order chi connectivity index (χ0) is 20.8. The summed E-state index contributed by atoms with van der Waals surface area (Å²) < 4.78 is 4.90. The Bertz CT molecular complexity index is 541. The first-order chi connectivity index (χ1) is 12.9. The second kappa shape index (κ2) is 14.2. The van der Waals surface area contributed by atoms with E-state index in [4.69, 9.17) is 19.9 Å². The van der Waals surface area contributed by atoms with Crippen molar-refractivity contribution in [1.82, 2.24) is 4.90 Å². The van der Waals surface area contributed by atoms with Crippen molar-refractivity contribution < 1.29 is 29.5 Å². The minimum atomic E-state index is -1.27. The number of nitrogens with two attached hydrogens (primary N) is 1. The smallest absolute Gasteiger partial charge is 0.451 e. The molecule has 0 aromatic heterocycles. The van der Waals surface area contributed by atoms with Gasteiger partial charge in [-0.15, -0.1) is 0 Å². The Labute approximate surface area is 161 Å². The molecular formula is C18H31BN2O6. The van der Waals surface area contributed by atoms with Crippen LogP contribution in [-0.2, 0) is 4.79 Å². The fourth-order valence-corrected chi connectivity index (χ4v) is 2.90. The number of rotatable bonds is 7. The standard InChI is InChI=1S/C9H18BNO4.C8H8O2.CH5N/c1-11-5-7(3-2-4-10(14)15)8(6-11)9(12)13;1-10-8-4-2-7(6-9)3-5-8;1-2/h7-8,14-15H,2-6H2,1H3,(H,12,13);2-6H,1H3;2H2,1H3. The molecule has 0 spiro atoms. The third kappa shape index (κ3) is 10.1. The van der Waals surface area contributed by atoms with Gasteiger partial charge in [0.25, 0.3) is 0 Å². The summed E-state index contributed by atoms with van der Waals surface area (Å²) in [6, 6.07) is 6.94. The molecule has 1 heterocycles. The molecule has 1 aromatic rings. The van der Waals surface area contributed by atoms with Gasteiger partial charge in [0.2, 0.25) is 0 Å². The molecule has 0 radical (unpaired) electrons. The molecule has 5 N–H and O–H groups in total. The molecule has 8 nitrogen and oxygen atoms in total. The first-order valence-corrected chi connectivity index (χ1v) is 8.81. The number of carbonyl (C=O) groups is 2. The third-order valence-electron chi connectivity index (χ3n) is 4.23. The molecule has 9 heteroatoms. The number of likely N-dealkylation sites (tertiary alicyclic amines) is 1. The van der Waals surface area contributed by atoms with E-state index in [1.807, 2.05) is 11.9 Å². The Balaban J connectivity index is 0.000000488. The molecule has 2 rings (SSSR count). The van der Waals surface area contributed by atoms with Gasteiger partial charge < -0.3 is 30.5 Å². The van der Waals surface area contributed by atoms with E-state index in [-0.39, 0.29) is 11.8 Å². The summed E-state index contributed by atoms with van der Waals surface area (Å²) in [6.07, 6.45) is 2.55. The van der Waals surface area contributed by atoms with Gasteiger partial charge in [-0.1, -0.05) is 6.42 Å². The molecule has 1 fully saturated rings. The van der Waals surface area contributed by atoms with Crippen LogP contribution in [0.5, 0.6) is 5.75 Å². The summed E-state index contributed by atoms with van der Waals surface area (Å²) in [5.41, 5.74) is 5.17. The largest absolute Gasteiger partial charge is 0.497 e. The van der Waals surface area contributed by atoms with E-state index >= 15 is 0 Å². The van der Waals surface area contributed by atoms with Crippen molar-refractivity contribution in [2.45, 2.75) is 19.2 Å².